The molecule has 0 bridgehead atoms. The molecule has 0 spiro atoms. The first kappa shape index (κ1) is 20.7. The van der Waals surface area contributed by atoms with Gasteiger partial charge in [-0.1, -0.05) is 30.4 Å². The van der Waals surface area contributed by atoms with Crippen LogP contribution in [0.4, 0.5) is 5.69 Å². The highest BCUT2D eigenvalue weighted by atomic mass is 32.2. The zero-order valence-corrected chi connectivity index (χ0v) is 19.9. The third kappa shape index (κ3) is 4.04. The Morgan fingerprint density at radius 2 is 1.97 bits per heavy atom. The normalized spacial score (nSPS) is 18.4. The van der Waals surface area contributed by atoms with Crippen molar-refractivity contribution in [3.63, 3.8) is 0 Å². The van der Waals surface area contributed by atoms with Gasteiger partial charge in [0.05, 0.1) is 11.2 Å². The van der Waals surface area contributed by atoms with Crippen LogP contribution in [0.3, 0.4) is 0 Å². The number of hydrogen-bond donors (Lipinski definition) is 2. The summed E-state index contributed by atoms with van der Waals surface area (Å²) in [6.07, 6.45) is 8.28. The third-order valence-electron chi connectivity index (χ3n) is 6.31. The number of anilines is 1. The predicted octanol–water partition coefficient (Wildman–Crippen LogP) is 7.26. The number of hydrogen-bond acceptors (Lipinski definition) is 3. The van der Waals surface area contributed by atoms with Gasteiger partial charge in [0, 0.05) is 40.2 Å². The van der Waals surface area contributed by atoms with Crippen LogP contribution < -0.4 is 10.0 Å². The lowest BCUT2D eigenvalue weighted by Gasteiger charge is -2.21. The minimum Gasteiger partial charge on any atom is -0.383 e. The van der Waals surface area contributed by atoms with Crippen molar-refractivity contribution in [1.82, 2.24) is 9.29 Å². The maximum absolute atomic E-state index is 3.70. The van der Waals surface area contributed by atoms with Gasteiger partial charge in [0.2, 0.25) is 0 Å². The first-order valence-corrected chi connectivity index (χ1v) is 12.3. The molecule has 1 atom stereocenters. The van der Waals surface area contributed by atoms with E-state index in [-0.39, 0.29) is 5.54 Å². The molecule has 0 amide bonds. The number of fused-ring (bicyclic) bond motifs is 5. The zero-order chi connectivity index (χ0) is 21.6. The molecule has 2 heterocycles. The molecule has 2 aromatic carbocycles. The summed E-state index contributed by atoms with van der Waals surface area (Å²) in [5.74, 6) is 0.585. The lowest BCUT2D eigenvalue weighted by atomic mass is 9.84. The molecule has 1 aromatic heterocycles. The van der Waals surface area contributed by atoms with Crippen LogP contribution in [0, 0.1) is 6.92 Å². The molecule has 0 radical (unpaired) electrons. The van der Waals surface area contributed by atoms with Crippen molar-refractivity contribution in [1.29, 1.82) is 0 Å². The summed E-state index contributed by atoms with van der Waals surface area (Å²) >= 11 is 1.74. The van der Waals surface area contributed by atoms with Crippen molar-refractivity contribution in [2.75, 3.05) is 11.9 Å². The van der Waals surface area contributed by atoms with E-state index < -0.39 is 0 Å². The number of benzene rings is 2. The summed E-state index contributed by atoms with van der Waals surface area (Å²) in [7, 11) is 0. The smallest absolute Gasteiger partial charge is 0.0548 e. The van der Waals surface area contributed by atoms with E-state index >= 15 is 0 Å². The highest BCUT2D eigenvalue weighted by Crippen LogP contribution is 2.46. The highest BCUT2D eigenvalue weighted by molar-refractivity contribution is 7.97. The van der Waals surface area contributed by atoms with Crippen LogP contribution in [0.25, 0.3) is 22.2 Å². The monoisotopic (exact) mass is 431 g/mol. The summed E-state index contributed by atoms with van der Waals surface area (Å²) in [6.45, 7) is 10.8. The van der Waals surface area contributed by atoms with Gasteiger partial charge in [-0.3, -0.25) is 4.72 Å². The van der Waals surface area contributed by atoms with Crippen LogP contribution in [-0.4, -0.2) is 16.7 Å². The molecule has 162 valence electrons. The van der Waals surface area contributed by atoms with Gasteiger partial charge in [-0.05, 0) is 94.1 Å². The molecule has 5 rings (SSSR count). The molecule has 2 aliphatic rings. The van der Waals surface area contributed by atoms with Gasteiger partial charge < -0.3 is 9.88 Å². The van der Waals surface area contributed by atoms with Crippen molar-refractivity contribution < 1.29 is 0 Å². The summed E-state index contributed by atoms with van der Waals surface area (Å²) in [4.78, 5) is 1.28. The fourth-order valence-electron chi connectivity index (χ4n) is 4.94. The Morgan fingerprint density at radius 3 is 2.74 bits per heavy atom. The van der Waals surface area contributed by atoms with Crippen LogP contribution in [0.2, 0.25) is 0 Å². The summed E-state index contributed by atoms with van der Waals surface area (Å²) in [6, 6.07) is 13.9. The van der Waals surface area contributed by atoms with Crippen molar-refractivity contribution in [3.8, 4) is 11.3 Å². The van der Waals surface area contributed by atoms with E-state index in [0.717, 1.165) is 19.5 Å². The van der Waals surface area contributed by atoms with Crippen molar-refractivity contribution in [3.05, 3.63) is 59.7 Å². The van der Waals surface area contributed by atoms with Gasteiger partial charge in [0.25, 0.3) is 0 Å². The Bertz CT molecular complexity index is 1150. The predicted molar refractivity (Wildman–Crippen MR) is 135 cm³/mol. The molecule has 3 nitrogen and oxygen atoms in total. The average molecular weight is 432 g/mol. The number of nitrogens with one attached hydrogen (secondary N) is 2. The van der Waals surface area contributed by atoms with E-state index in [1.807, 2.05) is 0 Å². The standard InChI is InChI=1S/C27H33N3S/c1-18-10-12-21-23(16-18)28-14-15-30-24-17-20(31-29-27(2,3)4)11-13-22(24)25(26(21)30)19-8-6-5-7-9-19/h5-6,10-13,16-17,19,28-29H,7-9,14-15H2,1-4H3. The Labute approximate surface area is 190 Å². The van der Waals surface area contributed by atoms with E-state index in [1.165, 1.54) is 51.1 Å². The molecule has 3 aromatic rings. The van der Waals surface area contributed by atoms with Crippen molar-refractivity contribution >= 4 is 28.5 Å². The summed E-state index contributed by atoms with van der Waals surface area (Å²) in [5, 5.41) is 5.14. The van der Waals surface area contributed by atoms with E-state index in [2.05, 4.69) is 90.9 Å². The fraction of sp³-hybridized carbons (Fsp3) is 0.407. The SMILES string of the molecule is Cc1ccc2c(c1)NCCn1c-2c(C2CC=CCC2)c2ccc(SNC(C)(C)C)cc21. The van der Waals surface area contributed by atoms with Crippen molar-refractivity contribution in [2.24, 2.45) is 0 Å². The van der Waals surface area contributed by atoms with Gasteiger partial charge in [0.1, 0.15) is 0 Å². The number of aromatic nitrogens is 1. The quantitative estimate of drug-likeness (QED) is 0.338. The molecule has 4 heteroatoms. The molecule has 1 unspecified atom stereocenters. The minimum atomic E-state index is 0.0794. The van der Waals surface area contributed by atoms with E-state index in [0.29, 0.717) is 5.92 Å². The largest absolute Gasteiger partial charge is 0.383 e. The highest BCUT2D eigenvalue weighted by Gasteiger charge is 2.28. The minimum absolute atomic E-state index is 0.0794. The lowest BCUT2D eigenvalue weighted by molar-refractivity contribution is 0.535. The lowest BCUT2D eigenvalue weighted by Crippen LogP contribution is -2.29. The maximum atomic E-state index is 3.70. The maximum Gasteiger partial charge on any atom is 0.0548 e. The van der Waals surface area contributed by atoms with Gasteiger partial charge in [-0.15, -0.1) is 0 Å². The Morgan fingerprint density at radius 1 is 1.10 bits per heavy atom. The van der Waals surface area contributed by atoms with Gasteiger partial charge in [-0.25, -0.2) is 0 Å². The van der Waals surface area contributed by atoms with Crippen LogP contribution in [-0.2, 0) is 6.54 Å². The van der Waals surface area contributed by atoms with Crippen LogP contribution in [0.15, 0.2) is 53.4 Å². The zero-order valence-electron chi connectivity index (χ0n) is 19.1. The van der Waals surface area contributed by atoms with Gasteiger partial charge in [0.15, 0.2) is 0 Å². The van der Waals surface area contributed by atoms with Crippen molar-refractivity contribution in [2.45, 2.75) is 69.9 Å². The van der Waals surface area contributed by atoms with Crippen LogP contribution in [0.1, 0.15) is 57.1 Å². The molecule has 0 fully saturated rings. The summed E-state index contributed by atoms with van der Waals surface area (Å²) in [5.41, 5.74) is 8.37. The van der Waals surface area contributed by atoms with Crippen LogP contribution >= 0.6 is 11.9 Å². The second-order valence-electron chi connectivity index (χ2n) is 10.0. The molecular formula is C27H33N3S. The van der Waals surface area contributed by atoms with Gasteiger partial charge >= 0.3 is 0 Å². The molecule has 0 saturated carbocycles. The molecular weight excluding hydrogens is 398 g/mol. The molecule has 0 saturated heterocycles. The van der Waals surface area contributed by atoms with Gasteiger partial charge in [-0.2, -0.15) is 0 Å². The van der Waals surface area contributed by atoms with Crippen LogP contribution in [0.5, 0.6) is 0 Å². The van der Waals surface area contributed by atoms with E-state index in [9.17, 15) is 0 Å². The molecule has 1 aliphatic heterocycles. The first-order valence-electron chi connectivity index (χ1n) is 11.5. The Kier molecular flexibility index (Phi) is 5.39. The van der Waals surface area contributed by atoms with E-state index in [1.54, 1.807) is 17.5 Å². The third-order valence-corrected chi connectivity index (χ3v) is 7.51. The number of rotatable bonds is 3. The second kappa shape index (κ2) is 8.07. The number of aryl methyl sites for hydroxylation is 1. The average Bonchev–Trinajstić information content (AvgIpc) is 2.94. The molecule has 1 aliphatic carbocycles. The second-order valence-corrected chi connectivity index (χ2v) is 10.9. The fourth-order valence-corrected chi connectivity index (χ4v) is 5.67. The molecule has 31 heavy (non-hydrogen) atoms. The summed E-state index contributed by atoms with van der Waals surface area (Å²) < 4.78 is 6.15. The topological polar surface area (TPSA) is 29.0 Å². The number of allylic oxidation sites excluding steroid dienone is 2. The van der Waals surface area contributed by atoms with E-state index in [4.69, 9.17) is 0 Å². The Hall–Kier alpha value is -2.17. The Balaban J connectivity index is 1.71. The number of nitrogens with zero attached hydrogens (tertiary/aromatic N) is 1. The first-order chi connectivity index (χ1) is 14.9. The molecule has 2 N–H and O–H groups in total.